The summed E-state index contributed by atoms with van der Waals surface area (Å²) in [6, 6.07) is 1.75. The van der Waals surface area contributed by atoms with E-state index >= 15 is 0 Å². The number of furan rings is 1. The first-order chi connectivity index (χ1) is 18.3. The van der Waals surface area contributed by atoms with Gasteiger partial charge in [-0.25, -0.2) is 0 Å². The minimum atomic E-state index is -1.30. The Balaban J connectivity index is 1.59. The highest BCUT2D eigenvalue weighted by Gasteiger charge is 2.82. The Morgan fingerprint density at radius 2 is 1.69 bits per heavy atom. The number of hydrogen-bond acceptors (Lipinski definition) is 10. The smallest absolute Gasteiger partial charge is 0.303 e. The molecule has 0 amide bonds. The molecule has 2 bridgehead atoms. The molecule has 1 aliphatic heterocycles. The highest BCUT2D eigenvalue weighted by atomic mass is 16.7. The summed E-state index contributed by atoms with van der Waals surface area (Å²) >= 11 is 0. The highest BCUT2D eigenvalue weighted by Crippen LogP contribution is 2.75. The van der Waals surface area contributed by atoms with E-state index in [9.17, 15) is 29.7 Å². The van der Waals surface area contributed by atoms with Crippen molar-refractivity contribution in [3.05, 3.63) is 24.2 Å². The van der Waals surface area contributed by atoms with E-state index in [4.69, 9.17) is 18.6 Å². The van der Waals surface area contributed by atoms with Crippen molar-refractivity contribution in [1.29, 1.82) is 0 Å². The Kier molecular flexibility index (Phi) is 5.87. The van der Waals surface area contributed by atoms with Crippen LogP contribution in [0.4, 0.5) is 0 Å². The van der Waals surface area contributed by atoms with E-state index in [-0.39, 0.29) is 31.7 Å². The zero-order chi connectivity index (χ0) is 28.3. The van der Waals surface area contributed by atoms with Gasteiger partial charge >= 0.3 is 5.97 Å². The standard InChI is InChI=1S/C29H38O10/c1-13(30)39-24-21(35)23-28(4,22-16(31)8-15(26(22,24)2)14-6-7-37-11-14)18(32)9-17-27(3)19(33)10-20(34)29(17,23)12-38-25(27)36-5/h6-7,11,15,17-20,22-25,32-34H,8-10,12H2,1-5H3/t15-,17-,18+,19+,20-,22+,23-,24-,25+,26-,27+,28-,29+/m0/s1. The highest BCUT2D eigenvalue weighted by molar-refractivity contribution is 5.97. The van der Waals surface area contributed by atoms with Crippen LogP contribution in [0.15, 0.2) is 23.0 Å². The summed E-state index contributed by atoms with van der Waals surface area (Å²) in [5, 5.41) is 35.0. The first-order valence-electron chi connectivity index (χ1n) is 13.7. The molecule has 0 unspecified atom stereocenters. The van der Waals surface area contributed by atoms with Crippen molar-refractivity contribution >= 4 is 17.5 Å². The fraction of sp³-hybridized carbons (Fsp3) is 0.759. The van der Waals surface area contributed by atoms with Crippen LogP contribution in [-0.2, 0) is 28.6 Å². The minimum Gasteiger partial charge on any atom is -0.472 e. The molecule has 5 fully saturated rings. The summed E-state index contributed by atoms with van der Waals surface area (Å²) in [5.41, 5.74) is -4.00. The number of ether oxygens (including phenoxy) is 3. The molecule has 0 aromatic carbocycles. The SMILES string of the molecule is CO[C@@H]1OC[C@]23[C@@H](O)C[C@@H](O)[C@@]1(C)[C@@H]2C[C@@H](O)[C@@]1(C)[C@@H]2C(=O)C[C@@H](c4ccoc4)[C@]2(C)[C@@H](OC(C)=O)C(=O)[C@@H]13. The molecular weight excluding hydrogens is 508 g/mol. The number of esters is 1. The van der Waals surface area contributed by atoms with E-state index in [2.05, 4.69) is 0 Å². The Labute approximate surface area is 227 Å². The van der Waals surface area contributed by atoms with Gasteiger partial charge in [-0.1, -0.05) is 20.8 Å². The second kappa shape index (κ2) is 8.45. The molecule has 5 aliphatic rings. The van der Waals surface area contributed by atoms with E-state index in [0.717, 1.165) is 5.56 Å². The number of carbonyl (C=O) groups is 3. The van der Waals surface area contributed by atoms with Crippen molar-refractivity contribution in [2.24, 2.45) is 39.4 Å². The predicted molar refractivity (Wildman–Crippen MR) is 133 cm³/mol. The summed E-state index contributed by atoms with van der Waals surface area (Å²) in [6.45, 7) is 6.55. The van der Waals surface area contributed by atoms with Gasteiger partial charge in [-0.15, -0.1) is 0 Å². The summed E-state index contributed by atoms with van der Waals surface area (Å²) in [5.74, 6) is -4.20. The normalized spacial score (nSPS) is 52.6. The maximum atomic E-state index is 14.9. The summed E-state index contributed by atoms with van der Waals surface area (Å²) < 4.78 is 22.9. The average Bonchev–Trinajstić information content (AvgIpc) is 3.48. The van der Waals surface area contributed by atoms with E-state index in [1.807, 2.05) is 6.92 Å². The lowest BCUT2D eigenvalue weighted by Crippen LogP contribution is -2.80. The van der Waals surface area contributed by atoms with Crippen molar-refractivity contribution in [2.75, 3.05) is 13.7 Å². The van der Waals surface area contributed by atoms with Crippen molar-refractivity contribution in [3.63, 3.8) is 0 Å². The van der Waals surface area contributed by atoms with E-state index < -0.39 is 87.8 Å². The van der Waals surface area contributed by atoms with Crippen LogP contribution in [0.5, 0.6) is 0 Å². The monoisotopic (exact) mass is 546 g/mol. The first kappa shape index (κ1) is 27.1. The third kappa shape index (κ3) is 3.02. The Morgan fingerprint density at radius 1 is 1.00 bits per heavy atom. The topological polar surface area (TPSA) is 153 Å². The zero-order valence-corrected chi connectivity index (χ0v) is 23.0. The van der Waals surface area contributed by atoms with Crippen molar-refractivity contribution in [2.45, 2.75) is 83.6 Å². The molecule has 2 heterocycles. The molecule has 3 N–H and O–H groups in total. The van der Waals surface area contributed by atoms with Crippen LogP contribution in [-0.4, -0.2) is 77.3 Å². The number of fused-ring (bicyclic) bond motifs is 3. The largest absolute Gasteiger partial charge is 0.472 e. The van der Waals surface area contributed by atoms with Gasteiger partial charge in [-0.05, 0) is 24.0 Å². The molecule has 10 heteroatoms. The molecule has 4 saturated carbocycles. The number of aliphatic hydroxyl groups is 3. The molecule has 1 aromatic rings. The van der Waals surface area contributed by atoms with Crippen LogP contribution < -0.4 is 0 Å². The van der Waals surface area contributed by atoms with Crippen LogP contribution in [0.3, 0.4) is 0 Å². The van der Waals surface area contributed by atoms with Gasteiger partial charge in [0.2, 0.25) is 0 Å². The number of rotatable bonds is 3. The molecule has 4 aliphatic carbocycles. The Hall–Kier alpha value is -2.11. The summed E-state index contributed by atoms with van der Waals surface area (Å²) in [4.78, 5) is 41.4. The average molecular weight is 547 g/mol. The minimum absolute atomic E-state index is 0.0159. The first-order valence-corrected chi connectivity index (χ1v) is 13.7. The number of ketones is 2. The van der Waals surface area contributed by atoms with Gasteiger partial charge in [-0.2, -0.15) is 0 Å². The predicted octanol–water partition coefficient (Wildman–Crippen LogP) is 1.60. The van der Waals surface area contributed by atoms with E-state index in [1.165, 1.54) is 20.3 Å². The molecule has 6 rings (SSSR count). The van der Waals surface area contributed by atoms with E-state index in [1.54, 1.807) is 26.2 Å². The zero-order valence-electron chi connectivity index (χ0n) is 23.0. The Bertz CT molecular complexity index is 1200. The second-order valence-electron chi connectivity index (χ2n) is 13.2. The second-order valence-corrected chi connectivity index (χ2v) is 13.2. The molecule has 39 heavy (non-hydrogen) atoms. The number of hydrogen-bond donors (Lipinski definition) is 3. The van der Waals surface area contributed by atoms with E-state index in [0.29, 0.717) is 0 Å². The van der Waals surface area contributed by atoms with Gasteiger partial charge in [0, 0.05) is 66.3 Å². The lowest BCUT2D eigenvalue weighted by atomic mass is 9.33. The molecule has 0 spiro atoms. The van der Waals surface area contributed by atoms with Crippen molar-refractivity contribution in [1.82, 2.24) is 0 Å². The third-order valence-electron chi connectivity index (χ3n) is 11.8. The Morgan fingerprint density at radius 3 is 2.31 bits per heavy atom. The molecule has 214 valence electrons. The number of carbonyl (C=O) groups excluding carboxylic acids is 3. The number of methoxy groups -OCH3 is 1. The molecule has 1 saturated heterocycles. The maximum absolute atomic E-state index is 14.9. The third-order valence-corrected chi connectivity index (χ3v) is 11.8. The summed E-state index contributed by atoms with van der Waals surface area (Å²) in [7, 11) is 1.48. The fourth-order valence-corrected chi connectivity index (χ4v) is 10.3. The fourth-order valence-electron chi connectivity index (χ4n) is 10.3. The molecule has 1 aromatic heterocycles. The van der Waals surface area contributed by atoms with Crippen molar-refractivity contribution < 1.29 is 48.3 Å². The van der Waals surface area contributed by atoms with Crippen LogP contribution in [0.25, 0.3) is 0 Å². The van der Waals surface area contributed by atoms with Gasteiger partial charge in [0.15, 0.2) is 18.2 Å². The van der Waals surface area contributed by atoms with Gasteiger partial charge < -0.3 is 33.9 Å². The quantitative estimate of drug-likeness (QED) is 0.477. The molecular formula is C29H38O10. The van der Waals surface area contributed by atoms with Gasteiger partial charge in [0.1, 0.15) is 5.78 Å². The van der Waals surface area contributed by atoms with Gasteiger partial charge in [-0.3, -0.25) is 14.4 Å². The van der Waals surface area contributed by atoms with Gasteiger partial charge in [0.05, 0.1) is 37.4 Å². The molecule has 10 nitrogen and oxygen atoms in total. The lowest BCUT2D eigenvalue weighted by Gasteiger charge is -2.72. The van der Waals surface area contributed by atoms with Crippen LogP contribution >= 0.6 is 0 Å². The van der Waals surface area contributed by atoms with Crippen LogP contribution in [0, 0.1) is 39.4 Å². The van der Waals surface area contributed by atoms with Crippen molar-refractivity contribution in [3.8, 4) is 0 Å². The van der Waals surface area contributed by atoms with Crippen LogP contribution in [0.1, 0.15) is 58.4 Å². The van der Waals surface area contributed by atoms with Gasteiger partial charge in [0.25, 0.3) is 0 Å². The maximum Gasteiger partial charge on any atom is 0.303 e. The van der Waals surface area contributed by atoms with Crippen LogP contribution in [0.2, 0.25) is 0 Å². The number of Topliss-reactive ketones (excluding diaryl/α,β-unsaturated/α-hetero) is 2. The number of aliphatic hydroxyl groups excluding tert-OH is 3. The molecule has 13 atom stereocenters. The summed E-state index contributed by atoms with van der Waals surface area (Å²) in [6.07, 6.45) is -2.14. The molecule has 0 radical (unpaired) electrons. The lowest BCUT2D eigenvalue weighted by molar-refractivity contribution is -0.375.